The van der Waals surface area contributed by atoms with E-state index in [9.17, 15) is 0 Å². The van der Waals surface area contributed by atoms with Crippen molar-refractivity contribution in [2.75, 3.05) is 26.2 Å². The van der Waals surface area contributed by atoms with Gasteiger partial charge in [0.25, 0.3) is 0 Å². The molecule has 3 N–H and O–H groups in total. The Morgan fingerprint density at radius 3 is 2.67 bits per heavy atom. The van der Waals surface area contributed by atoms with Gasteiger partial charge in [0.15, 0.2) is 5.84 Å². The fourth-order valence-corrected chi connectivity index (χ4v) is 3.29. The lowest BCUT2D eigenvalue weighted by Crippen LogP contribution is -2.53. The number of nitrogens with zero attached hydrogens (tertiary/aromatic N) is 3. The van der Waals surface area contributed by atoms with Crippen LogP contribution in [0.15, 0.2) is 33.9 Å². The molecule has 0 spiro atoms. The van der Waals surface area contributed by atoms with Crippen molar-refractivity contribution in [3.8, 4) is 0 Å². The van der Waals surface area contributed by atoms with Crippen LogP contribution >= 0.6 is 15.9 Å². The molecule has 1 saturated heterocycles. The average molecular weight is 355 g/mol. The van der Waals surface area contributed by atoms with E-state index >= 15 is 0 Å². The van der Waals surface area contributed by atoms with Crippen LogP contribution in [0.2, 0.25) is 0 Å². The molecule has 2 rings (SSSR count). The first-order valence-corrected chi connectivity index (χ1v) is 8.11. The minimum atomic E-state index is 0.0445. The van der Waals surface area contributed by atoms with Gasteiger partial charge in [0.05, 0.1) is 6.04 Å². The predicted molar refractivity (Wildman–Crippen MR) is 88.5 cm³/mol. The molecule has 1 aliphatic heterocycles. The third kappa shape index (κ3) is 4.43. The highest BCUT2D eigenvalue weighted by molar-refractivity contribution is 9.10. The van der Waals surface area contributed by atoms with Crippen molar-refractivity contribution >= 4 is 21.8 Å². The van der Waals surface area contributed by atoms with Crippen LogP contribution in [0.4, 0.5) is 0 Å². The lowest BCUT2D eigenvalue weighted by molar-refractivity contribution is 0.110. The molecule has 1 aromatic carbocycles. The highest BCUT2D eigenvalue weighted by Gasteiger charge is 2.25. The van der Waals surface area contributed by atoms with E-state index in [-0.39, 0.29) is 6.04 Å². The highest BCUT2D eigenvalue weighted by Crippen LogP contribution is 2.16. The van der Waals surface area contributed by atoms with Crippen molar-refractivity contribution in [1.29, 1.82) is 0 Å². The normalized spacial score (nSPS) is 19.6. The monoisotopic (exact) mass is 354 g/mol. The maximum Gasteiger partial charge on any atom is 0.156 e. The third-order valence-corrected chi connectivity index (χ3v) is 4.48. The van der Waals surface area contributed by atoms with Gasteiger partial charge in [-0.05, 0) is 24.1 Å². The van der Waals surface area contributed by atoms with Gasteiger partial charge >= 0.3 is 0 Å². The summed E-state index contributed by atoms with van der Waals surface area (Å²) in [5.41, 5.74) is 7.09. The van der Waals surface area contributed by atoms with Gasteiger partial charge in [0, 0.05) is 37.2 Å². The Morgan fingerprint density at radius 1 is 1.38 bits per heavy atom. The highest BCUT2D eigenvalue weighted by atomic mass is 79.9. The van der Waals surface area contributed by atoms with Crippen molar-refractivity contribution < 1.29 is 5.21 Å². The van der Waals surface area contributed by atoms with E-state index in [2.05, 4.69) is 56.0 Å². The van der Waals surface area contributed by atoms with Gasteiger partial charge in [0.1, 0.15) is 0 Å². The summed E-state index contributed by atoms with van der Waals surface area (Å²) in [4.78, 5) is 4.74. The Bertz CT molecular complexity index is 486. The average Bonchev–Trinajstić information content (AvgIpc) is 2.49. The summed E-state index contributed by atoms with van der Waals surface area (Å²) in [6.07, 6.45) is 0.863. The molecule has 0 aliphatic carbocycles. The van der Waals surface area contributed by atoms with E-state index in [0.29, 0.717) is 5.84 Å². The first-order chi connectivity index (χ1) is 10.1. The molecule has 0 aromatic heterocycles. The molecule has 1 aliphatic rings. The SMILES string of the molecule is CCC(C(N)=NO)N1CCN(Cc2cccc(Br)c2)CC1. The first kappa shape index (κ1) is 16.3. The number of halogens is 1. The molecular formula is C15H23BrN4O. The van der Waals surface area contributed by atoms with Crippen LogP contribution in [0.1, 0.15) is 18.9 Å². The molecule has 1 heterocycles. The summed E-state index contributed by atoms with van der Waals surface area (Å²) >= 11 is 3.51. The molecule has 21 heavy (non-hydrogen) atoms. The second kappa shape index (κ2) is 7.77. The van der Waals surface area contributed by atoms with Crippen LogP contribution in [-0.2, 0) is 6.54 Å². The van der Waals surface area contributed by atoms with Gasteiger partial charge in [-0.15, -0.1) is 0 Å². The van der Waals surface area contributed by atoms with Crippen molar-refractivity contribution in [2.24, 2.45) is 10.9 Å². The lowest BCUT2D eigenvalue weighted by atomic mass is 10.1. The van der Waals surface area contributed by atoms with E-state index in [0.717, 1.165) is 43.6 Å². The number of nitrogens with two attached hydrogens (primary N) is 1. The number of rotatable bonds is 5. The zero-order valence-corrected chi connectivity index (χ0v) is 14.0. The van der Waals surface area contributed by atoms with Crippen molar-refractivity contribution in [3.05, 3.63) is 34.3 Å². The predicted octanol–water partition coefficient (Wildman–Crippen LogP) is 2.09. The smallest absolute Gasteiger partial charge is 0.156 e. The molecule has 0 radical (unpaired) electrons. The Labute approximate surface area is 134 Å². The van der Waals surface area contributed by atoms with Crippen molar-refractivity contribution in [3.63, 3.8) is 0 Å². The molecule has 116 valence electrons. The van der Waals surface area contributed by atoms with Crippen molar-refractivity contribution in [2.45, 2.75) is 25.9 Å². The van der Waals surface area contributed by atoms with Crippen LogP contribution in [0.25, 0.3) is 0 Å². The van der Waals surface area contributed by atoms with Gasteiger partial charge in [-0.25, -0.2) is 0 Å². The van der Waals surface area contributed by atoms with E-state index in [1.807, 2.05) is 6.07 Å². The maximum absolute atomic E-state index is 8.86. The Morgan fingerprint density at radius 2 is 2.10 bits per heavy atom. The van der Waals surface area contributed by atoms with Crippen LogP contribution < -0.4 is 5.73 Å². The molecule has 0 amide bonds. The van der Waals surface area contributed by atoms with E-state index in [1.54, 1.807) is 0 Å². The molecular weight excluding hydrogens is 332 g/mol. The van der Waals surface area contributed by atoms with Crippen LogP contribution in [-0.4, -0.2) is 53.1 Å². The molecule has 1 unspecified atom stereocenters. The summed E-state index contributed by atoms with van der Waals surface area (Å²) in [7, 11) is 0. The number of hydrogen-bond acceptors (Lipinski definition) is 4. The van der Waals surface area contributed by atoms with Crippen LogP contribution in [0.3, 0.4) is 0 Å². The third-order valence-electron chi connectivity index (χ3n) is 3.99. The molecule has 1 aromatic rings. The van der Waals surface area contributed by atoms with Crippen LogP contribution in [0, 0.1) is 0 Å². The Hall–Kier alpha value is -1.11. The lowest BCUT2D eigenvalue weighted by Gasteiger charge is -2.38. The Kier molecular flexibility index (Phi) is 6.02. The quantitative estimate of drug-likeness (QED) is 0.367. The van der Waals surface area contributed by atoms with Gasteiger partial charge in [-0.3, -0.25) is 9.80 Å². The summed E-state index contributed by atoms with van der Waals surface area (Å²) < 4.78 is 1.12. The number of hydrogen-bond donors (Lipinski definition) is 2. The fraction of sp³-hybridized carbons (Fsp3) is 0.533. The van der Waals surface area contributed by atoms with Gasteiger partial charge in [0.2, 0.25) is 0 Å². The van der Waals surface area contributed by atoms with Gasteiger partial charge in [-0.2, -0.15) is 0 Å². The van der Waals surface area contributed by atoms with Gasteiger partial charge in [-0.1, -0.05) is 40.1 Å². The minimum absolute atomic E-state index is 0.0445. The first-order valence-electron chi connectivity index (χ1n) is 7.32. The summed E-state index contributed by atoms with van der Waals surface area (Å²) in [5.74, 6) is 0.318. The summed E-state index contributed by atoms with van der Waals surface area (Å²) in [6, 6.07) is 8.48. The molecule has 0 saturated carbocycles. The van der Waals surface area contributed by atoms with Crippen LogP contribution in [0.5, 0.6) is 0 Å². The summed E-state index contributed by atoms with van der Waals surface area (Å²) in [5, 5.41) is 12.0. The standard InChI is InChI=1S/C15H23BrN4O/c1-2-14(15(17)18-21)20-8-6-19(7-9-20)11-12-4-3-5-13(16)10-12/h3-5,10,14,21H,2,6-9,11H2,1H3,(H2,17,18). The molecule has 6 heteroatoms. The maximum atomic E-state index is 8.86. The molecule has 1 fully saturated rings. The molecule has 1 atom stereocenters. The zero-order chi connectivity index (χ0) is 15.2. The number of piperazine rings is 1. The molecule has 0 bridgehead atoms. The fourth-order valence-electron chi connectivity index (χ4n) is 2.85. The Balaban J connectivity index is 1.88. The van der Waals surface area contributed by atoms with E-state index < -0.39 is 0 Å². The van der Waals surface area contributed by atoms with E-state index in [4.69, 9.17) is 10.9 Å². The number of amidine groups is 1. The largest absolute Gasteiger partial charge is 0.409 e. The zero-order valence-electron chi connectivity index (χ0n) is 12.4. The second-order valence-electron chi connectivity index (χ2n) is 5.39. The van der Waals surface area contributed by atoms with E-state index in [1.165, 1.54) is 5.56 Å². The molecule has 5 nitrogen and oxygen atoms in total. The number of benzene rings is 1. The summed E-state index contributed by atoms with van der Waals surface area (Å²) in [6.45, 7) is 6.93. The minimum Gasteiger partial charge on any atom is -0.409 e. The topological polar surface area (TPSA) is 65.1 Å². The van der Waals surface area contributed by atoms with Gasteiger partial charge < -0.3 is 10.9 Å². The number of oxime groups is 1. The van der Waals surface area contributed by atoms with Crippen molar-refractivity contribution in [1.82, 2.24) is 9.80 Å². The second-order valence-corrected chi connectivity index (χ2v) is 6.31.